The van der Waals surface area contributed by atoms with Gasteiger partial charge in [-0.3, -0.25) is 4.79 Å². The van der Waals surface area contributed by atoms with Gasteiger partial charge in [0.15, 0.2) is 6.10 Å². The van der Waals surface area contributed by atoms with Gasteiger partial charge >= 0.3 is 0 Å². The highest BCUT2D eigenvalue weighted by Crippen LogP contribution is 2.23. The molecule has 0 aliphatic heterocycles. The first-order valence-corrected chi connectivity index (χ1v) is 4.90. The molecule has 0 fully saturated rings. The van der Waals surface area contributed by atoms with Crippen LogP contribution in [0.2, 0.25) is 0 Å². The van der Waals surface area contributed by atoms with E-state index in [-0.39, 0.29) is 0 Å². The van der Waals surface area contributed by atoms with E-state index < -0.39 is 12.0 Å². The van der Waals surface area contributed by atoms with E-state index in [0.29, 0.717) is 18.0 Å². The molecule has 0 bridgehead atoms. The van der Waals surface area contributed by atoms with Gasteiger partial charge in [-0.15, -0.1) is 0 Å². The summed E-state index contributed by atoms with van der Waals surface area (Å²) in [6, 6.07) is 5.24. The molecule has 5 nitrogen and oxygen atoms in total. The molecule has 0 saturated carbocycles. The Morgan fingerprint density at radius 3 is 2.50 bits per heavy atom. The molecule has 16 heavy (non-hydrogen) atoms. The maximum absolute atomic E-state index is 10.9. The number of methoxy groups -OCH3 is 1. The Balaban J connectivity index is 2.90. The minimum atomic E-state index is -0.683. The van der Waals surface area contributed by atoms with Crippen molar-refractivity contribution >= 4 is 5.91 Å². The highest BCUT2D eigenvalue weighted by atomic mass is 16.5. The summed E-state index contributed by atoms with van der Waals surface area (Å²) in [7, 11) is 1.55. The number of carbonyl (C=O) groups is 1. The quantitative estimate of drug-likeness (QED) is 0.758. The van der Waals surface area contributed by atoms with E-state index in [1.807, 2.05) is 6.07 Å². The Kier molecular flexibility index (Phi) is 4.13. The van der Waals surface area contributed by atoms with Crippen molar-refractivity contribution in [1.82, 2.24) is 0 Å². The fourth-order valence-electron chi connectivity index (χ4n) is 1.20. The molecule has 1 unspecified atom stereocenters. The monoisotopic (exact) mass is 224 g/mol. The minimum absolute atomic E-state index is 0.374. The van der Waals surface area contributed by atoms with Crippen molar-refractivity contribution in [3.8, 4) is 11.5 Å². The average molecular weight is 224 g/mol. The predicted molar refractivity (Wildman–Crippen MR) is 60.2 cm³/mol. The molecule has 1 rings (SSSR count). The summed E-state index contributed by atoms with van der Waals surface area (Å²) in [5.41, 5.74) is 11.5. The van der Waals surface area contributed by atoms with Crippen LogP contribution in [0.25, 0.3) is 0 Å². The molecule has 0 saturated heterocycles. The molecule has 0 aliphatic carbocycles. The predicted octanol–water partition coefficient (Wildman–Crippen LogP) is 0.406. The topological polar surface area (TPSA) is 87.6 Å². The summed E-state index contributed by atoms with van der Waals surface area (Å²) in [6.45, 7) is 1.96. The number of primary amides is 1. The van der Waals surface area contributed by atoms with Gasteiger partial charge in [0.2, 0.25) is 0 Å². The Hall–Kier alpha value is -1.75. The molecule has 4 N–H and O–H groups in total. The van der Waals surface area contributed by atoms with E-state index in [4.69, 9.17) is 20.9 Å². The van der Waals surface area contributed by atoms with Crippen LogP contribution in [0.1, 0.15) is 12.5 Å². The second kappa shape index (κ2) is 5.37. The fraction of sp³-hybridized carbons (Fsp3) is 0.364. The van der Waals surface area contributed by atoms with Crippen LogP contribution >= 0.6 is 0 Å². The van der Waals surface area contributed by atoms with Crippen molar-refractivity contribution < 1.29 is 14.3 Å². The van der Waals surface area contributed by atoms with Crippen molar-refractivity contribution in [1.29, 1.82) is 0 Å². The number of ether oxygens (including phenoxy) is 2. The average Bonchev–Trinajstić information content (AvgIpc) is 2.28. The number of hydrogen-bond donors (Lipinski definition) is 2. The first kappa shape index (κ1) is 12.3. The first-order chi connectivity index (χ1) is 7.56. The highest BCUT2D eigenvalue weighted by molar-refractivity contribution is 5.78. The Morgan fingerprint density at radius 1 is 1.38 bits per heavy atom. The number of amides is 1. The lowest BCUT2D eigenvalue weighted by Gasteiger charge is -2.13. The van der Waals surface area contributed by atoms with Crippen LogP contribution in [0, 0.1) is 0 Å². The van der Waals surface area contributed by atoms with E-state index in [0.717, 1.165) is 5.56 Å². The number of carbonyl (C=O) groups excluding carboxylic acids is 1. The maximum atomic E-state index is 10.9. The maximum Gasteiger partial charge on any atom is 0.258 e. The van der Waals surface area contributed by atoms with E-state index in [1.54, 1.807) is 26.2 Å². The largest absolute Gasteiger partial charge is 0.497 e. The van der Waals surface area contributed by atoms with E-state index in [2.05, 4.69) is 0 Å². The van der Waals surface area contributed by atoms with Crippen LogP contribution in [-0.2, 0) is 11.3 Å². The van der Waals surface area contributed by atoms with Crippen molar-refractivity contribution in [2.75, 3.05) is 7.11 Å². The van der Waals surface area contributed by atoms with Gasteiger partial charge in [0, 0.05) is 12.6 Å². The molecule has 1 aromatic rings. The third kappa shape index (κ3) is 3.13. The molecule has 0 spiro atoms. The summed E-state index contributed by atoms with van der Waals surface area (Å²) in [6.07, 6.45) is -0.683. The molecule has 1 amide bonds. The van der Waals surface area contributed by atoms with Crippen LogP contribution < -0.4 is 20.9 Å². The zero-order chi connectivity index (χ0) is 12.1. The molecule has 5 heteroatoms. The zero-order valence-corrected chi connectivity index (χ0v) is 9.40. The third-order valence-corrected chi connectivity index (χ3v) is 2.12. The number of rotatable bonds is 5. The summed E-state index contributed by atoms with van der Waals surface area (Å²) >= 11 is 0. The van der Waals surface area contributed by atoms with Gasteiger partial charge in [0.1, 0.15) is 11.5 Å². The van der Waals surface area contributed by atoms with Gasteiger partial charge in [0.25, 0.3) is 5.91 Å². The lowest BCUT2D eigenvalue weighted by atomic mass is 10.2. The van der Waals surface area contributed by atoms with E-state index >= 15 is 0 Å². The summed E-state index contributed by atoms with van der Waals surface area (Å²) < 4.78 is 10.4. The lowest BCUT2D eigenvalue weighted by molar-refractivity contribution is -0.123. The van der Waals surface area contributed by atoms with E-state index in [9.17, 15) is 4.79 Å². The normalized spacial score (nSPS) is 11.9. The summed E-state index contributed by atoms with van der Waals surface area (Å²) in [4.78, 5) is 10.9. The van der Waals surface area contributed by atoms with Crippen molar-refractivity contribution in [2.24, 2.45) is 11.5 Å². The molecule has 0 aliphatic rings. The molecule has 1 atom stereocenters. The van der Waals surface area contributed by atoms with E-state index in [1.165, 1.54) is 0 Å². The molecular weight excluding hydrogens is 208 g/mol. The standard InChI is InChI=1S/C11H16N2O3/c1-7(11(13)14)16-10-4-8(6-12)3-9(5-10)15-2/h3-5,7H,6,12H2,1-2H3,(H2,13,14). The Bertz CT molecular complexity index is 357. The summed E-state index contributed by atoms with van der Waals surface area (Å²) in [5, 5.41) is 0. The van der Waals surface area contributed by atoms with Gasteiger partial charge in [-0.25, -0.2) is 0 Å². The van der Waals surface area contributed by atoms with Gasteiger partial charge in [-0.1, -0.05) is 0 Å². The van der Waals surface area contributed by atoms with Gasteiger partial charge in [-0.2, -0.15) is 0 Å². The number of benzene rings is 1. The number of hydrogen-bond acceptors (Lipinski definition) is 4. The van der Waals surface area contributed by atoms with Gasteiger partial charge in [-0.05, 0) is 24.6 Å². The third-order valence-electron chi connectivity index (χ3n) is 2.12. The molecule has 88 valence electrons. The van der Waals surface area contributed by atoms with Gasteiger partial charge in [0.05, 0.1) is 7.11 Å². The van der Waals surface area contributed by atoms with Crippen LogP contribution in [-0.4, -0.2) is 19.1 Å². The SMILES string of the molecule is COc1cc(CN)cc(OC(C)C(N)=O)c1. The van der Waals surface area contributed by atoms with Crippen molar-refractivity contribution in [3.63, 3.8) is 0 Å². The second-order valence-electron chi connectivity index (χ2n) is 3.38. The molecule has 1 aromatic carbocycles. The smallest absolute Gasteiger partial charge is 0.258 e. The molecule has 0 aromatic heterocycles. The highest BCUT2D eigenvalue weighted by Gasteiger charge is 2.11. The molecule has 0 radical (unpaired) electrons. The second-order valence-corrected chi connectivity index (χ2v) is 3.38. The summed E-state index contributed by atoms with van der Waals surface area (Å²) in [5.74, 6) is 0.637. The Labute approximate surface area is 94.3 Å². The van der Waals surface area contributed by atoms with Crippen molar-refractivity contribution in [2.45, 2.75) is 19.6 Å². The minimum Gasteiger partial charge on any atom is -0.497 e. The van der Waals surface area contributed by atoms with Crippen LogP contribution in [0.3, 0.4) is 0 Å². The van der Waals surface area contributed by atoms with Gasteiger partial charge < -0.3 is 20.9 Å². The Morgan fingerprint density at radius 2 is 2.00 bits per heavy atom. The van der Waals surface area contributed by atoms with Crippen molar-refractivity contribution in [3.05, 3.63) is 23.8 Å². The van der Waals surface area contributed by atoms with Crippen LogP contribution in [0.5, 0.6) is 11.5 Å². The fourth-order valence-corrected chi connectivity index (χ4v) is 1.20. The van der Waals surface area contributed by atoms with Crippen LogP contribution in [0.4, 0.5) is 0 Å². The molecule has 0 heterocycles. The number of nitrogens with two attached hydrogens (primary N) is 2. The zero-order valence-electron chi connectivity index (χ0n) is 9.40. The lowest BCUT2D eigenvalue weighted by Crippen LogP contribution is -2.30. The first-order valence-electron chi connectivity index (χ1n) is 4.90. The molecular formula is C11H16N2O3. The van der Waals surface area contributed by atoms with Crippen LogP contribution in [0.15, 0.2) is 18.2 Å².